The van der Waals surface area contributed by atoms with Crippen LogP contribution in [0.5, 0.6) is 0 Å². The molecule has 5 nitrogen and oxygen atoms in total. The van der Waals surface area contributed by atoms with Crippen LogP contribution in [0, 0.1) is 5.82 Å². The summed E-state index contributed by atoms with van der Waals surface area (Å²) >= 11 is 3.44. The van der Waals surface area contributed by atoms with Gasteiger partial charge in [0.1, 0.15) is 5.82 Å². The highest BCUT2D eigenvalue weighted by Gasteiger charge is 2.26. The second-order valence-electron chi connectivity index (χ2n) is 6.06. The molecule has 0 aliphatic carbocycles. The number of benzene rings is 1. The van der Waals surface area contributed by atoms with E-state index in [9.17, 15) is 9.18 Å². The number of rotatable bonds is 4. The van der Waals surface area contributed by atoms with Gasteiger partial charge in [0.2, 0.25) is 5.91 Å². The number of piperazine rings is 1. The van der Waals surface area contributed by atoms with Gasteiger partial charge >= 0.3 is 0 Å². The summed E-state index contributed by atoms with van der Waals surface area (Å²) in [5, 5.41) is 2.78. The second kappa shape index (κ2) is 7.93. The van der Waals surface area contributed by atoms with E-state index in [1.54, 1.807) is 18.3 Å². The number of aromatic nitrogens is 1. The Morgan fingerprint density at radius 1 is 1.24 bits per heavy atom. The van der Waals surface area contributed by atoms with Crippen LogP contribution in [0.1, 0.15) is 6.92 Å². The predicted octanol–water partition coefficient (Wildman–Crippen LogP) is 3.13. The molecule has 0 radical (unpaired) electrons. The van der Waals surface area contributed by atoms with Gasteiger partial charge in [-0.15, -0.1) is 0 Å². The maximum Gasteiger partial charge on any atom is 0.241 e. The summed E-state index contributed by atoms with van der Waals surface area (Å²) in [5.41, 5.74) is 1.56. The lowest BCUT2D eigenvalue weighted by Gasteiger charge is -2.38. The fourth-order valence-corrected chi connectivity index (χ4v) is 3.27. The third-order valence-electron chi connectivity index (χ3n) is 4.39. The molecule has 0 bridgehead atoms. The highest BCUT2D eigenvalue weighted by molar-refractivity contribution is 9.10. The largest absolute Gasteiger partial charge is 0.368 e. The van der Waals surface area contributed by atoms with Crippen molar-refractivity contribution in [1.82, 2.24) is 9.88 Å². The molecular weight excluding hydrogens is 387 g/mol. The van der Waals surface area contributed by atoms with Gasteiger partial charge in [-0.1, -0.05) is 6.07 Å². The summed E-state index contributed by atoms with van der Waals surface area (Å²) in [4.78, 5) is 21.0. The Bertz CT molecular complexity index is 749. The van der Waals surface area contributed by atoms with E-state index in [0.717, 1.165) is 36.3 Å². The summed E-state index contributed by atoms with van der Waals surface area (Å²) < 4.78 is 14.2. The molecule has 1 atom stereocenters. The number of carbonyl (C=O) groups is 1. The number of pyridine rings is 1. The Morgan fingerprint density at radius 2 is 2.00 bits per heavy atom. The van der Waals surface area contributed by atoms with Crippen LogP contribution in [-0.2, 0) is 4.79 Å². The lowest BCUT2D eigenvalue weighted by atomic mass is 10.2. The number of hydrogen-bond acceptors (Lipinski definition) is 4. The molecule has 2 heterocycles. The maximum absolute atomic E-state index is 13.2. The predicted molar refractivity (Wildman–Crippen MR) is 100 cm³/mol. The summed E-state index contributed by atoms with van der Waals surface area (Å²) in [6.45, 7) is 5.10. The van der Waals surface area contributed by atoms with E-state index in [2.05, 4.69) is 36.0 Å². The van der Waals surface area contributed by atoms with E-state index in [0.29, 0.717) is 5.69 Å². The molecule has 0 spiro atoms. The minimum atomic E-state index is -0.360. The highest BCUT2D eigenvalue weighted by atomic mass is 79.9. The smallest absolute Gasteiger partial charge is 0.241 e. The van der Waals surface area contributed by atoms with E-state index < -0.39 is 0 Å². The zero-order chi connectivity index (χ0) is 17.8. The number of carbonyl (C=O) groups excluding carboxylic acids is 1. The normalized spacial score (nSPS) is 16.5. The van der Waals surface area contributed by atoms with Crippen LogP contribution < -0.4 is 10.2 Å². The lowest BCUT2D eigenvalue weighted by Crippen LogP contribution is -2.52. The van der Waals surface area contributed by atoms with Crippen molar-refractivity contribution in [3.05, 3.63) is 53.0 Å². The van der Waals surface area contributed by atoms with E-state index in [-0.39, 0.29) is 17.8 Å². The Hall–Kier alpha value is -1.99. The monoisotopic (exact) mass is 406 g/mol. The van der Waals surface area contributed by atoms with E-state index in [1.165, 1.54) is 12.1 Å². The second-order valence-corrected chi connectivity index (χ2v) is 6.98. The summed E-state index contributed by atoms with van der Waals surface area (Å²) in [6, 6.07) is 7.72. The molecule has 1 N–H and O–H groups in total. The highest BCUT2D eigenvalue weighted by Crippen LogP contribution is 2.20. The fraction of sp³-hybridized carbons (Fsp3) is 0.333. The molecular formula is C18H20BrFN4O. The van der Waals surface area contributed by atoms with Crippen molar-refractivity contribution in [3.63, 3.8) is 0 Å². The van der Waals surface area contributed by atoms with Gasteiger partial charge in [-0.3, -0.25) is 14.7 Å². The lowest BCUT2D eigenvalue weighted by molar-refractivity contribution is -0.120. The van der Waals surface area contributed by atoms with Crippen LogP contribution in [0.3, 0.4) is 0 Å². The van der Waals surface area contributed by atoms with Crippen LogP contribution >= 0.6 is 15.9 Å². The quantitative estimate of drug-likeness (QED) is 0.846. The number of amides is 1. The minimum Gasteiger partial charge on any atom is -0.368 e. The molecule has 132 valence electrons. The molecule has 2 aromatic rings. The van der Waals surface area contributed by atoms with Crippen LogP contribution in [0.15, 0.2) is 47.2 Å². The first-order valence-corrected chi connectivity index (χ1v) is 8.98. The molecule has 3 rings (SSSR count). The first-order chi connectivity index (χ1) is 12.0. The van der Waals surface area contributed by atoms with E-state index >= 15 is 0 Å². The summed E-state index contributed by atoms with van der Waals surface area (Å²) in [5.74, 6) is -0.482. The van der Waals surface area contributed by atoms with Crippen molar-refractivity contribution < 1.29 is 9.18 Å². The van der Waals surface area contributed by atoms with E-state index in [1.807, 2.05) is 19.2 Å². The Labute approximate surface area is 155 Å². The minimum absolute atomic E-state index is 0.122. The molecule has 1 aromatic heterocycles. The number of nitrogens with zero attached hydrogens (tertiary/aromatic N) is 3. The van der Waals surface area contributed by atoms with Gasteiger partial charge < -0.3 is 10.2 Å². The van der Waals surface area contributed by atoms with Crippen LogP contribution in [0.2, 0.25) is 0 Å². The number of nitrogens with one attached hydrogen (secondary N) is 1. The average molecular weight is 407 g/mol. The molecule has 1 aliphatic heterocycles. The zero-order valence-corrected chi connectivity index (χ0v) is 15.5. The van der Waals surface area contributed by atoms with Gasteiger partial charge in [0, 0.05) is 42.5 Å². The molecule has 1 amide bonds. The Morgan fingerprint density at radius 3 is 2.68 bits per heavy atom. The van der Waals surface area contributed by atoms with Crippen molar-refractivity contribution in [2.45, 2.75) is 13.0 Å². The molecule has 1 saturated heterocycles. The van der Waals surface area contributed by atoms with Crippen molar-refractivity contribution in [3.8, 4) is 0 Å². The van der Waals surface area contributed by atoms with Crippen molar-refractivity contribution >= 4 is 33.2 Å². The Balaban J connectivity index is 1.56. The van der Waals surface area contributed by atoms with Gasteiger partial charge in [0.25, 0.3) is 0 Å². The number of halogens is 2. The van der Waals surface area contributed by atoms with Crippen LogP contribution in [0.25, 0.3) is 0 Å². The molecule has 1 aromatic carbocycles. The van der Waals surface area contributed by atoms with Crippen LogP contribution in [0.4, 0.5) is 15.8 Å². The maximum atomic E-state index is 13.2. The number of hydrogen-bond donors (Lipinski definition) is 1. The average Bonchev–Trinajstić information content (AvgIpc) is 2.61. The molecule has 1 fully saturated rings. The SMILES string of the molecule is CC(C(=O)Nc1cccc(F)c1)N1CCN(c2cncc(Br)c2)CC1. The van der Waals surface area contributed by atoms with Gasteiger partial charge in [-0.05, 0) is 47.1 Å². The molecule has 1 aliphatic rings. The third kappa shape index (κ3) is 4.55. The van der Waals surface area contributed by atoms with Crippen molar-refractivity contribution in [1.29, 1.82) is 0 Å². The first kappa shape index (κ1) is 17.8. The van der Waals surface area contributed by atoms with Crippen LogP contribution in [-0.4, -0.2) is 48.0 Å². The molecule has 25 heavy (non-hydrogen) atoms. The standard InChI is InChI=1S/C18H20BrFN4O/c1-13(18(25)22-16-4-2-3-15(20)10-16)23-5-7-24(8-6-23)17-9-14(19)11-21-12-17/h2-4,9-13H,5-8H2,1H3,(H,22,25). The molecule has 7 heteroatoms. The topological polar surface area (TPSA) is 48.5 Å². The molecule has 1 unspecified atom stereocenters. The third-order valence-corrected chi connectivity index (χ3v) is 4.82. The van der Waals surface area contributed by atoms with Gasteiger partial charge in [0.05, 0.1) is 17.9 Å². The summed E-state index contributed by atoms with van der Waals surface area (Å²) in [6.07, 6.45) is 3.61. The van der Waals surface area contributed by atoms with Gasteiger partial charge in [-0.2, -0.15) is 0 Å². The Kier molecular flexibility index (Phi) is 5.65. The van der Waals surface area contributed by atoms with Gasteiger partial charge in [-0.25, -0.2) is 4.39 Å². The first-order valence-electron chi connectivity index (χ1n) is 8.19. The van der Waals surface area contributed by atoms with Gasteiger partial charge in [0.15, 0.2) is 0 Å². The summed E-state index contributed by atoms with van der Waals surface area (Å²) in [7, 11) is 0. The van der Waals surface area contributed by atoms with Crippen molar-refractivity contribution in [2.75, 3.05) is 36.4 Å². The van der Waals surface area contributed by atoms with E-state index in [4.69, 9.17) is 0 Å². The fourth-order valence-electron chi connectivity index (χ4n) is 2.92. The molecule has 0 saturated carbocycles. The zero-order valence-electron chi connectivity index (χ0n) is 14.0. The van der Waals surface area contributed by atoms with Crippen molar-refractivity contribution in [2.24, 2.45) is 0 Å². The number of anilines is 2.